The summed E-state index contributed by atoms with van der Waals surface area (Å²) in [5.41, 5.74) is -0.0366. The van der Waals surface area contributed by atoms with Crippen LogP contribution in [0.3, 0.4) is 0 Å². The lowest BCUT2D eigenvalue weighted by atomic mass is 9.75. The van der Waals surface area contributed by atoms with Crippen molar-refractivity contribution in [2.45, 2.75) is 37.4 Å². The standard InChI is InChI=1S/C14H23N3OS2/c1-14(2,10-4-3-5-15-8-10)13-16-12(17-18-13)11-9-19-6-7-20-11/h10-11,15H,3-9H2,1-2H3. The van der Waals surface area contributed by atoms with E-state index in [0.717, 1.165) is 30.6 Å². The van der Waals surface area contributed by atoms with Crippen LogP contribution in [0, 0.1) is 5.92 Å². The first-order chi connectivity index (χ1) is 9.68. The zero-order valence-electron chi connectivity index (χ0n) is 12.2. The maximum Gasteiger partial charge on any atom is 0.232 e. The molecule has 2 fully saturated rings. The molecular formula is C14H23N3OS2. The molecule has 20 heavy (non-hydrogen) atoms. The van der Waals surface area contributed by atoms with Crippen molar-refractivity contribution in [2.75, 3.05) is 30.3 Å². The van der Waals surface area contributed by atoms with Gasteiger partial charge in [0.1, 0.15) is 0 Å². The third-order valence-corrected chi connectivity index (χ3v) is 7.17. The van der Waals surface area contributed by atoms with Gasteiger partial charge in [0.25, 0.3) is 0 Å². The summed E-state index contributed by atoms with van der Waals surface area (Å²) in [6.07, 6.45) is 2.48. The van der Waals surface area contributed by atoms with Crippen LogP contribution in [0.1, 0.15) is 43.7 Å². The average molecular weight is 313 g/mol. The smallest absolute Gasteiger partial charge is 0.232 e. The summed E-state index contributed by atoms with van der Waals surface area (Å²) in [5, 5.41) is 8.15. The zero-order valence-corrected chi connectivity index (χ0v) is 13.9. The van der Waals surface area contributed by atoms with Crippen LogP contribution in [0.15, 0.2) is 4.52 Å². The van der Waals surface area contributed by atoms with E-state index in [1.807, 2.05) is 23.5 Å². The summed E-state index contributed by atoms with van der Waals surface area (Å²) in [4.78, 5) is 4.74. The monoisotopic (exact) mass is 313 g/mol. The summed E-state index contributed by atoms with van der Waals surface area (Å²) in [6, 6.07) is 0. The van der Waals surface area contributed by atoms with Crippen molar-refractivity contribution in [1.29, 1.82) is 0 Å². The van der Waals surface area contributed by atoms with E-state index in [-0.39, 0.29) is 5.41 Å². The number of piperidine rings is 1. The molecule has 2 saturated heterocycles. The molecule has 0 spiro atoms. The van der Waals surface area contributed by atoms with Crippen molar-refractivity contribution in [3.8, 4) is 0 Å². The molecule has 2 unspecified atom stereocenters. The Kier molecular flexibility index (Phi) is 4.62. The highest BCUT2D eigenvalue weighted by molar-refractivity contribution is 8.06. The number of nitrogens with zero attached hydrogens (tertiary/aromatic N) is 2. The lowest BCUT2D eigenvalue weighted by Crippen LogP contribution is -2.41. The van der Waals surface area contributed by atoms with E-state index in [1.54, 1.807) is 0 Å². The number of rotatable bonds is 3. The van der Waals surface area contributed by atoms with Gasteiger partial charge in [-0.1, -0.05) is 19.0 Å². The molecular weight excluding hydrogens is 290 g/mol. The van der Waals surface area contributed by atoms with E-state index in [0.29, 0.717) is 11.2 Å². The Morgan fingerprint density at radius 3 is 2.95 bits per heavy atom. The molecule has 3 heterocycles. The average Bonchev–Trinajstić information content (AvgIpc) is 3.00. The van der Waals surface area contributed by atoms with Gasteiger partial charge in [-0.3, -0.25) is 0 Å². The minimum atomic E-state index is -0.0366. The molecule has 0 amide bonds. The van der Waals surface area contributed by atoms with Crippen LogP contribution >= 0.6 is 23.5 Å². The van der Waals surface area contributed by atoms with Crippen LogP contribution in [0.25, 0.3) is 0 Å². The Bertz CT molecular complexity index is 437. The molecule has 4 nitrogen and oxygen atoms in total. The highest BCUT2D eigenvalue weighted by Gasteiger charge is 2.37. The topological polar surface area (TPSA) is 51.0 Å². The minimum Gasteiger partial charge on any atom is -0.339 e. The van der Waals surface area contributed by atoms with Gasteiger partial charge in [0.15, 0.2) is 5.82 Å². The van der Waals surface area contributed by atoms with Gasteiger partial charge in [-0.15, -0.1) is 11.8 Å². The van der Waals surface area contributed by atoms with Gasteiger partial charge in [-0.05, 0) is 31.8 Å². The Morgan fingerprint density at radius 2 is 2.25 bits per heavy atom. The van der Waals surface area contributed by atoms with Gasteiger partial charge >= 0.3 is 0 Å². The zero-order chi connectivity index (χ0) is 14.0. The summed E-state index contributed by atoms with van der Waals surface area (Å²) in [7, 11) is 0. The van der Waals surface area contributed by atoms with Gasteiger partial charge in [0.05, 0.1) is 5.25 Å². The summed E-state index contributed by atoms with van der Waals surface area (Å²) >= 11 is 3.95. The quantitative estimate of drug-likeness (QED) is 0.926. The molecule has 3 rings (SSSR count). The predicted octanol–water partition coefficient (Wildman–Crippen LogP) is 2.87. The molecule has 1 N–H and O–H groups in total. The van der Waals surface area contributed by atoms with Crippen LogP contribution in [0.4, 0.5) is 0 Å². The van der Waals surface area contributed by atoms with Crippen LogP contribution < -0.4 is 5.32 Å². The lowest BCUT2D eigenvalue weighted by molar-refractivity contribution is 0.196. The molecule has 2 atom stereocenters. The van der Waals surface area contributed by atoms with Crippen molar-refractivity contribution in [2.24, 2.45) is 5.92 Å². The van der Waals surface area contributed by atoms with E-state index >= 15 is 0 Å². The summed E-state index contributed by atoms with van der Waals surface area (Å²) in [5.74, 6) is 5.83. The van der Waals surface area contributed by atoms with Crippen LogP contribution in [0.5, 0.6) is 0 Å². The third-order valence-electron chi connectivity index (χ3n) is 4.41. The fourth-order valence-electron chi connectivity index (χ4n) is 2.91. The molecule has 0 bridgehead atoms. The van der Waals surface area contributed by atoms with Crippen LogP contribution in [-0.4, -0.2) is 40.5 Å². The van der Waals surface area contributed by atoms with Crippen molar-refractivity contribution in [3.05, 3.63) is 11.7 Å². The highest BCUT2D eigenvalue weighted by atomic mass is 32.2. The summed E-state index contributed by atoms with van der Waals surface area (Å²) in [6.45, 7) is 6.67. The molecule has 112 valence electrons. The van der Waals surface area contributed by atoms with Gasteiger partial charge in [0, 0.05) is 22.7 Å². The molecule has 6 heteroatoms. The maximum atomic E-state index is 5.62. The number of nitrogens with one attached hydrogen (secondary N) is 1. The fraction of sp³-hybridized carbons (Fsp3) is 0.857. The molecule has 1 aromatic heterocycles. The largest absolute Gasteiger partial charge is 0.339 e. The number of hydrogen-bond acceptors (Lipinski definition) is 6. The first-order valence-electron chi connectivity index (χ1n) is 7.42. The molecule has 0 saturated carbocycles. The Balaban J connectivity index is 1.74. The van der Waals surface area contributed by atoms with E-state index in [2.05, 4.69) is 24.3 Å². The number of hydrogen-bond donors (Lipinski definition) is 1. The normalized spacial score (nSPS) is 28.5. The first-order valence-corrected chi connectivity index (χ1v) is 9.62. The van der Waals surface area contributed by atoms with Gasteiger partial charge in [0.2, 0.25) is 5.89 Å². The van der Waals surface area contributed by atoms with E-state index in [9.17, 15) is 0 Å². The van der Waals surface area contributed by atoms with E-state index in [1.165, 1.54) is 24.3 Å². The molecule has 0 aromatic carbocycles. The Hall–Kier alpha value is -0.200. The van der Waals surface area contributed by atoms with Crippen molar-refractivity contribution in [1.82, 2.24) is 15.5 Å². The minimum absolute atomic E-state index is 0.0366. The lowest BCUT2D eigenvalue weighted by Gasteiger charge is -2.34. The maximum absolute atomic E-state index is 5.62. The van der Waals surface area contributed by atoms with E-state index in [4.69, 9.17) is 9.51 Å². The van der Waals surface area contributed by atoms with Gasteiger partial charge in [-0.25, -0.2) is 0 Å². The number of aromatic nitrogens is 2. The Labute approximate surface area is 129 Å². The molecule has 0 aliphatic carbocycles. The number of thioether (sulfide) groups is 2. The van der Waals surface area contributed by atoms with Crippen molar-refractivity contribution >= 4 is 23.5 Å². The van der Waals surface area contributed by atoms with Gasteiger partial charge < -0.3 is 9.84 Å². The van der Waals surface area contributed by atoms with Crippen LogP contribution in [-0.2, 0) is 5.41 Å². The molecule has 0 radical (unpaired) electrons. The van der Waals surface area contributed by atoms with E-state index < -0.39 is 0 Å². The molecule has 1 aromatic rings. The second-order valence-corrected chi connectivity index (χ2v) is 8.62. The first kappa shape index (κ1) is 14.7. The Morgan fingerprint density at radius 1 is 1.35 bits per heavy atom. The second kappa shape index (κ2) is 6.28. The highest BCUT2D eigenvalue weighted by Crippen LogP contribution is 2.38. The SMILES string of the molecule is CC(C)(c1nc(C2CSCCS2)no1)C1CCCNC1. The molecule has 2 aliphatic rings. The van der Waals surface area contributed by atoms with Gasteiger partial charge in [-0.2, -0.15) is 16.7 Å². The third kappa shape index (κ3) is 3.02. The second-order valence-electron chi connectivity index (χ2n) is 6.16. The predicted molar refractivity (Wildman–Crippen MR) is 85.4 cm³/mol. The summed E-state index contributed by atoms with van der Waals surface area (Å²) < 4.78 is 5.62. The van der Waals surface area contributed by atoms with Crippen molar-refractivity contribution < 1.29 is 4.52 Å². The molecule has 2 aliphatic heterocycles. The van der Waals surface area contributed by atoms with Crippen molar-refractivity contribution in [3.63, 3.8) is 0 Å². The fourth-order valence-corrected chi connectivity index (χ4v) is 5.50. The van der Waals surface area contributed by atoms with Crippen LogP contribution in [0.2, 0.25) is 0 Å².